The van der Waals surface area contributed by atoms with E-state index in [0.717, 1.165) is 21.4 Å². The van der Waals surface area contributed by atoms with Gasteiger partial charge in [0.05, 0.1) is 7.11 Å². The molecule has 0 aliphatic rings. The molecule has 0 aromatic heterocycles. The normalized spacial score (nSPS) is 10.3. The Hall–Kier alpha value is -1.15. The van der Waals surface area contributed by atoms with Crippen LogP contribution in [0.4, 0.5) is 0 Å². The summed E-state index contributed by atoms with van der Waals surface area (Å²) in [7, 11) is 1.68. The lowest BCUT2D eigenvalue weighted by Gasteiger charge is -2.06. The monoisotopic (exact) mass is 190 g/mol. The molecule has 0 saturated heterocycles. The zero-order chi connectivity index (χ0) is 9.26. The van der Waals surface area contributed by atoms with Crippen LogP contribution < -0.4 is 4.74 Å². The molecule has 0 fully saturated rings. The third-order valence-electron chi connectivity index (χ3n) is 2.06. The highest BCUT2D eigenvalue weighted by atomic mass is 32.1. The van der Waals surface area contributed by atoms with E-state index in [4.69, 9.17) is 4.74 Å². The van der Waals surface area contributed by atoms with Crippen LogP contribution >= 0.6 is 12.6 Å². The highest BCUT2D eigenvalue weighted by molar-refractivity contribution is 7.80. The lowest BCUT2D eigenvalue weighted by Crippen LogP contribution is -1.85. The minimum absolute atomic E-state index is 0.878. The predicted molar refractivity (Wildman–Crippen MR) is 57.8 cm³/mol. The molecule has 0 aliphatic carbocycles. The van der Waals surface area contributed by atoms with Gasteiger partial charge in [-0.1, -0.05) is 24.3 Å². The maximum absolute atomic E-state index is 5.26. The van der Waals surface area contributed by atoms with Gasteiger partial charge in [0.1, 0.15) is 5.75 Å². The first-order valence-corrected chi connectivity index (χ1v) is 4.52. The molecule has 0 bridgehead atoms. The van der Waals surface area contributed by atoms with Crippen molar-refractivity contribution in [1.82, 2.24) is 0 Å². The molecule has 13 heavy (non-hydrogen) atoms. The van der Waals surface area contributed by atoms with E-state index in [9.17, 15) is 0 Å². The van der Waals surface area contributed by atoms with Crippen LogP contribution in [0.2, 0.25) is 0 Å². The summed E-state index contributed by atoms with van der Waals surface area (Å²) in [5.41, 5.74) is 0. The summed E-state index contributed by atoms with van der Waals surface area (Å²) in [5, 5.41) is 2.24. The Morgan fingerprint density at radius 2 is 1.77 bits per heavy atom. The summed E-state index contributed by atoms with van der Waals surface area (Å²) in [6, 6.07) is 12.0. The second-order valence-electron chi connectivity index (χ2n) is 2.84. The summed E-state index contributed by atoms with van der Waals surface area (Å²) in [6.07, 6.45) is 0. The fourth-order valence-corrected chi connectivity index (χ4v) is 1.78. The van der Waals surface area contributed by atoms with Crippen LogP contribution in [-0.4, -0.2) is 7.11 Å². The molecular formula is C11H10OS. The van der Waals surface area contributed by atoms with Crippen molar-refractivity contribution < 1.29 is 4.74 Å². The topological polar surface area (TPSA) is 9.23 Å². The number of rotatable bonds is 1. The van der Waals surface area contributed by atoms with Crippen molar-refractivity contribution in [3.05, 3.63) is 36.4 Å². The molecule has 0 heterocycles. The number of thiol groups is 1. The van der Waals surface area contributed by atoms with Crippen LogP contribution in [0.1, 0.15) is 0 Å². The van der Waals surface area contributed by atoms with Gasteiger partial charge in [-0.15, -0.1) is 12.6 Å². The Kier molecular flexibility index (Phi) is 2.15. The molecule has 0 aliphatic heterocycles. The highest BCUT2D eigenvalue weighted by Crippen LogP contribution is 2.30. The summed E-state index contributed by atoms with van der Waals surface area (Å²) in [5.74, 6) is 0.878. The molecule has 0 unspecified atom stereocenters. The fourth-order valence-electron chi connectivity index (χ4n) is 1.46. The maximum Gasteiger partial charge on any atom is 0.127 e. The van der Waals surface area contributed by atoms with Crippen LogP contribution in [0.5, 0.6) is 5.75 Å². The minimum Gasteiger partial charge on any atom is -0.496 e. The quantitative estimate of drug-likeness (QED) is 0.680. The second kappa shape index (κ2) is 3.30. The van der Waals surface area contributed by atoms with Gasteiger partial charge in [-0.25, -0.2) is 0 Å². The lowest BCUT2D eigenvalue weighted by molar-refractivity contribution is 0.419. The molecular weight excluding hydrogens is 180 g/mol. The second-order valence-corrected chi connectivity index (χ2v) is 3.32. The molecule has 66 valence electrons. The van der Waals surface area contributed by atoms with Gasteiger partial charge in [0.25, 0.3) is 0 Å². The van der Waals surface area contributed by atoms with Gasteiger partial charge in [0.15, 0.2) is 0 Å². The minimum atomic E-state index is 0.878. The van der Waals surface area contributed by atoms with Gasteiger partial charge in [-0.2, -0.15) is 0 Å². The Bertz CT molecular complexity index is 432. The molecule has 0 radical (unpaired) electrons. The summed E-state index contributed by atoms with van der Waals surface area (Å²) in [6.45, 7) is 0. The van der Waals surface area contributed by atoms with E-state index in [1.807, 2.05) is 24.3 Å². The van der Waals surface area contributed by atoms with Gasteiger partial charge >= 0.3 is 0 Å². The van der Waals surface area contributed by atoms with Gasteiger partial charge in [-0.3, -0.25) is 0 Å². The van der Waals surface area contributed by atoms with Crippen LogP contribution in [0.15, 0.2) is 41.3 Å². The lowest BCUT2D eigenvalue weighted by atomic mass is 10.1. The number of fused-ring (bicyclic) bond motifs is 1. The first kappa shape index (κ1) is 8.45. The zero-order valence-electron chi connectivity index (χ0n) is 7.32. The van der Waals surface area contributed by atoms with Crippen LogP contribution in [0.3, 0.4) is 0 Å². The number of methoxy groups -OCH3 is 1. The van der Waals surface area contributed by atoms with E-state index in [2.05, 4.69) is 24.8 Å². The van der Waals surface area contributed by atoms with E-state index in [1.165, 1.54) is 0 Å². The smallest absolute Gasteiger partial charge is 0.127 e. The summed E-state index contributed by atoms with van der Waals surface area (Å²) in [4.78, 5) is 0.954. The Morgan fingerprint density at radius 3 is 2.46 bits per heavy atom. The third kappa shape index (κ3) is 1.38. The zero-order valence-corrected chi connectivity index (χ0v) is 8.21. The molecule has 0 N–H and O–H groups in total. The molecule has 0 atom stereocenters. The van der Waals surface area contributed by atoms with Crippen molar-refractivity contribution in [3.8, 4) is 5.75 Å². The fraction of sp³-hybridized carbons (Fsp3) is 0.0909. The van der Waals surface area contributed by atoms with Gasteiger partial charge in [0, 0.05) is 10.3 Å². The average Bonchev–Trinajstić information content (AvgIpc) is 2.17. The number of benzene rings is 2. The van der Waals surface area contributed by atoms with Crippen LogP contribution in [0, 0.1) is 0 Å². The first-order valence-electron chi connectivity index (χ1n) is 4.07. The number of hydrogen-bond acceptors (Lipinski definition) is 2. The summed E-state index contributed by atoms with van der Waals surface area (Å²) >= 11 is 4.39. The molecule has 0 spiro atoms. The van der Waals surface area contributed by atoms with Crippen LogP contribution in [0.25, 0.3) is 10.8 Å². The molecule has 0 amide bonds. The number of ether oxygens (including phenoxy) is 1. The van der Waals surface area contributed by atoms with Gasteiger partial charge < -0.3 is 4.74 Å². The first-order chi connectivity index (χ1) is 6.33. The Balaban J connectivity index is 2.87. The van der Waals surface area contributed by atoms with Crippen molar-refractivity contribution in [2.45, 2.75) is 4.90 Å². The standard InChI is InChI=1S/C11H10OS/c1-12-9-6-2-4-8-5-3-7-10(13)11(8)9/h2-7,13H,1H3. The largest absolute Gasteiger partial charge is 0.496 e. The molecule has 2 rings (SSSR count). The highest BCUT2D eigenvalue weighted by Gasteiger charge is 2.02. The molecule has 0 saturated carbocycles. The van der Waals surface area contributed by atoms with E-state index in [1.54, 1.807) is 7.11 Å². The summed E-state index contributed by atoms with van der Waals surface area (Å²) < 4.78 is 5.26. The van der Waals surface area contributed by atoms with Gasteiger partial charge in [-0.05, 0) is 17.5 Å². The maximum atomic E-state index is 5.26. The van der Waals surface area contributed by atoms with E-state index in [-0.39, 0.29) is 0 Å². The van der Waals surface area contributed by atoms with Gasteiger partial charge in [0.2, 0.25) is 0 Å². The third-order valence-corrected chi connectivity index (χ3v) is 2.44. The Morgan fingerprint density at radius 1 is 1.08 bits per heavy atom. The molecule has 1 nitrogen and oxygen atoms in total. The van der Waals surface area contributed by atoms with Crippen molar-refractivity contribution in [2.75, 3.05) is 7.11 Å². The van der Waals surface area contributed by atoms with Crippen molar-refractivity contribution >= 4 is 23.4 Å². The average molecular weight is 190 g/mol. The number of hydrogen-bond donors (Lipinski definition) is 1. The molecule has 2 heteroatoms. The van der Waals surface area contributed by atoms with E-state index >= 15 is 0 Å². The van der Waals surface area contributed by atoms with Crippen molar-refractivity contribution in [1.29, 1.82) is 0 Å². The van der Waals surface area contributed by atoms with E-state index < -0.39 is 0 Å². The SMILES string of the molecule is COc1cccc2cccc(S)c12. The van der Waals surface area contributed by atoms with Crippen molar-refractivity contribution in [2.24, 2.45) is 0 Å². The van der Waals surface area contributed by atoms with E-state index in [0.29, 0.717) is 0 Å². The predicted octanol–water partition coefficient (Wildman–Crippen LogP) is 3.14. The van der Waals surface area contributed by atoms with Crippen molar-refractivity contribution in [3.63, 3.8) is 0 Å². The van der Waals surface area contributed by atoms with Crippen LogP contribution in [-0.2, 0) is 0 Å². The Labute approximate surface area is 82.7 Å². The molecule has 2 aromatic rings. The molecule has 2 aromatic carbocycles.